The molecule has 0 aromatic carbocycles. The number of hydrogen-bond acceptors (Lipinski definition) is 5. The van der Waals surface area contributed by atoms with Crippen LogP contribution in [0.25, 0.3) is 0 Å². The molecule has 148 valence electrons. The first-order valence-electron chi connectivity index (χ1n) is 10.2. The van der Waals surface area contributed by atoms with Gasteiger partial charge in [-0.3, -0.25) is 0 Å². The van der Waals surface area contributed by atoms with Crippen molar-refractivity contribution in [3.63, 3.8) is 0 Å². The van der Waals surface area contributed by atoms with Crippen molar-refractivity contribution in [2.45, 2.75) is 83.3 Å². The van der Waals surface area contributed by atoms with E-state index >= 15 is 0 Å². The summed E-state index contributed by atoms with van der Waals surface area (Å²) in [5, 5.41) is 12.1. The predicted octanol–water partition coefficient (Wildman–Crippen LogP) is 3.23. The normalized spacial score (nSPS) is 30.3. The summed E-state index contributed by atoms with van der Waals surface area (Å²) >= 11 is 0. The fourth-order valence-electron chi connectivity index (χ4n) is 2.94. The smallest absolute Gasteiger partial charge is 0.408 e. The maximum absolute atomic E-state index is 12.2. The Hall–Kier alpha value is -1.60. The molecular formula is C19H31NO6. The van der Waals surface area contributed by atoms with Crippen LogP contribution in [0.15, 0.2) is 12.1 Å². The Morgan fingerprint density at radius 2 is 2.12 bits per heavy atom. The van der Waals surface area contributed by atoms with Crippen molar-refractivity contribution < 1.29 is 31.6 Å². The van der Waals surface area contributed by atoms with Crippen molar-refractivity contribution in [3.05, 3.63) is 12.1 Å². The van der Waals surface area contributed by atoms with Gasteiger partial charge in [0.05, 0.1) is 7.47 Å². The maximum atomic E-state index is 12.2. The van der Waals surface area contributed by atoms with Crippen LogP contribution in [-0.2, 0) is 19.0 Å². The van der Waals surface area contributed by atoms with Crippen molar-refractivity contribution >= 4 is 12.1 Å². The highest BCUT2D eigenvalue weighted by Crippen LogP contribution is 2.28. The molecule has 1 aliphatic carbocycles. The van der Waals surface area contributed by atoms with Crippen molar-refractivity contribution in [1.29, 1.82) is 0 Å². The van der Waals surface area contributed by atoms with Crippen molar-refractivity contribution in [1.82, 2.24) is 5.32 Å². The summed E-state index contributed by atoms with van der Waals surface area (Å²) in [5.74, 6) is -2.95. The summed E-state index contributed by atoms with van der Waals surface area (Å²) < 4.78 is 33.8. The van der Waals surface area contributed by atoms with Crippen LogP contribution in [0, 0.1) is 5.89 Å². The molecule has 2 N–H and O–H groups in total. The third-order valence-electron chi connectivity index (χ3n) is 4.10. The zero-order valence-corrected chi connectivity index (χ0v) is 15.7. The van der Waals surface area contributed by atoms with Gasteiger partial charge in [-0.15, -0.1) is 0 Å². The van der Waals surface area contributed by atoms with Crippen LogP contribution in [0.1, 0.15) is 62.0 Å². The van der Waals surface area contributed by atoms with Gasteiger partial charge in [-0.25, -0.2) is 9.59 Å². The Morgan fingerprint density at radius 3 is 2.69 bits per heavy atom. The van der Waals surface area contributed by atoms with Gasteiger partial charge in [0.15, 0.2) is 12.3 Å². The molecule has 1 amide bonds. The van der Waals surface area contributed by atoms with E-state index in [0.29, 0.717) is 25.9 Å². The van der Waals surface area contributed by atoms with E-state index in [9.17, 15) is 14.7 Å². The predicted molar refractivity (Wildman–Crippen MR) is 95.7 cm³/mol. The fourth-order valence-corrected chi connectivity index (χ4v) is 2.94. The lowest BCUT2D eigenvalue weighted by atomic mass is 9.87. The lowest BCUT2D eigenvalue weighted by Gasteiger charge is -2.35. The maximum Gasteiger partial charge on any atom is 0.408 e. The summed E-state index contributed by atoms with van der Waals surface area (Å²) in [5.41, 5.74) is -0.806. The Bertz CT molecular complexity index is 600. The molecule has 4 atom stereocenters. The summed E-state index contributed by atoms with van der Waals surface area (Å²) in [6.07, 6.45) is 2.63. The second-order valence-corrected chi connectivity index (χ2v) is 7.58. The second kappa shape index (κ2) is 9.37. The number of amides is 1. The van der Waals surface area contributed by atoms with E-state index in [0.717, 1.165) is 12.8 Å². The van der Waals surface area contributed by atoms with E-state index in [1.165, 1.54) is 0 Å². The second-order valence-electron chi connectivity index (χ2n) is 7.58. The highest BCUT2D eigenvalue weighted by Gasteiger charge is 2.38. The lowest BCUT2D eigenvalue weighted by molar-refractivity contribution is -0.204. The lowest BCUT2D eigenvalue weighted by Crippen LogP contribution is -2.54. The van der Waals surface area contributed by atoms with Gasteiger partial charge >= 0.3 is 12.1 Å². The minimum Gasteiger partial charge on any atom is -0.480 e. The Labute approximate surface area is 157 Å². The van der Waals surface area contributed by atoms with Crippen LogP contribution < -0.4 is 5.32 Å². The SMILES string of the molecule is [2H]C1=CCCC[C@]1([2H])[C@H](OC1CCCCO1)[C@H](NC(=O)OC(C)(C)C)C(=O)O. The van der Waals surface area contributed by atoms with Crippen LogP contribution in [-0.4, -0.2) is 47.8 Å². The molecule has 0 aromatic heterocycles. The zero-order chi connectivity index (χ0) is 20.9. The number of allylic oxidation sites excluding steroid dienone is 1. The number of hydrogen-bond donors (Lipinski definition) is 2. The average Bonchev–Trinajstić information content (AvgIpc) is 2.60. The summed E-state index contributed by atoms with van der Waals surface area (Å²) in [6, 6.07) is -1.55. The number of carbonyl (C=O) groups excluding carboxylic acids is 1. The molecule has 0 bridgehead atoms. The number of carboxylic acids is 1. The van der Waals surface area contributed by atoms with Gasteiger partial charge in [0, 0.05) is 13.9 Å². The topological polar surface area (TPSA) is 94.1 Å². The van der Waals surface area contributed by atoms with Gasteiger partial charge in [-0.05, 0) is 59.3 Å². The number of nitrogens with one attached hydrogen (secondary N) is 1. The van der Waals surface area contributed by atoms with E-state index in [2.05, 4.69) is 5.32 Å². The summed E-state index contributed by atoms with van der Waals surface area (Å²) in [7, 11) is 0. The highest BCUT2D eigenvalue weighted by molar-refractivity contribution is 5.80. The van der Waals surface area contributed by atoms with Gasteiger partial charge in [0.2, 0.25) is 0 Å². The molecule has 1 heterocycles. The molecule has 7 heteroatoms. The van der Waals surface area contributed by atoms with E-state index in [4.69, 9.17) is 17.0 Å². The number of carbonyl (C=O) groups is 2. The molecule has 1 unspecified atom stereocenters. The number of aliphatic carboxylic acids is 1. The molecule has 1 aliphatic heterocycles. The van der Waals surface area contributed by atoms with Gasteiger partial charge in [0.1, 0.15) is 5.60 Å². The molecule has 0 spiro atoms. The first-order valence-corrected chi connectivity index (χ1v) is 9.19. The summed E-state index contributed by atoms with van der Waals surface area (Å²) in [6.45, 7) is 5.50. The van der Waals surface area contributed by atoms with Gasteiger partial charge in [0.25, 0.3) is 0 Å². The van der Waals surface area contributed by atoms with Crippen LogP contribution >= 0.6 is 0 Å². The number of rotatable bonds is 6. The van der Waals surface area contributed by atoms with Crippen LogP contribution in [0.2, 0.25) is 0 Å². The molecule has 1 saturated heterocycles. The number of carboxylic acid groups (broad SMARTS) is 1. The Kier molecular flexibility index (Phi) is 6.41. The average molecular weight is 371 g/mol. The molecule has 2 rings (SSSR count). The van der Waals surface area contributed by atoms with E-state index in [1.807, 2.05) is 0 Å². The summed E-state index contributed by atoms with van der Waals surface area (Å²) in [4.78, 5) is 24.3. The standard InChI is InChI=1S/C19H31NO6/c1-19(2,3)26-18(23)20-15(17(21)22)16(13-9-5-4-6-10-13)25-14-11-7-8-12-24-14/h5,9,13-16H,4,6-8,10-12H2,1-3H3,(H,20,23)(H,21,22)/t13-,14?,15+,16+/m1/s1/i9D,13D. The van der Waals surface area contributed by atoms with Gasteiger partial charge in [-0.1, -0.05) is 12.1 Å². The van der Waals surface area contributed by atoms with E-state index < -0.39 is 42.0 Å². The first kappa shape index (κ1) is 17.8. The van der Waals surface area contributed by atoms with Crippen molar-refractivity contribution in [3.8, 4) is 0 Å². The first-order chi connectivity index (χ1) is 13.0. The Morgan fingerprint density at radius 1 is 1.35 bits per heavy atom. The quantitative estimate of drug-likeness (QED) is 0.696. The monoisotopic (exact) mass is 371 g/mol. The largest absolute Gasteiger partial charge is 0.480 e. The van der Waals surface area contributed by atoms with Crippen LogP contribution in [0.4, 0.5) is 4.79 Å². The molecule has 2 aliphatic rings. The molecule has 0 saturated carbocycles. The highest BCUT2D eigenvalue weighted by atomic mass is 16.7. The third-order valence-corrected chi connectivity index (χ3v) is 4.10. The van der Waals surface area contributed by atoms with Gasteiger partial charge in [-0.2, -0.15) is 0 Å². The third kappa shape index (κ3) is 6.61. The van der Waals surface area contributed by atoms with E-state index in [-0.39, 0.29) is 12.5 Å². The minimum atomic E-state index is -1.60. The molecular weight excluding hydrogens is 338 g/mol. The molecule has 1 fully saturated rings. The molecule has 0 radical (unpaired) electrons. The zero-order valence-electron chi connectivity index (χ0n) is 17.7. The molecule has 0 aromatic rings. The van der Waals surface area contributed by atoms with Crippen LogP contribution in [0.5, 0.6) is 0 Å². The molecule has 26 heavy (non-hydrogen) atoms. The van der Waals surface area contributed by atoms with Crippen molar-refractivity contribution in [2.75, 3.05) is 6.61 Å². The van der Waals surface area contributed by atoms with Crippen LogP contribution in [0.3, 0.4) is 0 Å². The fraction of sp³-hybridized carbons (Fsp3) is 0.789. The number of alkyl carbamates (subject to hydrolysis) is 1. The minimum absolute atomic E-state index is 0.00296. The number of ether oxygens (including phenoxy) is 3. The Balaban J connectivity index is 2.30. The molecule has 7 nitrogen and oxygen atoms in total. The van der Waals surface area contributed by atoms with Crippen molar-refractivity contribution in [2.24, 2.45) is 5.89 Å². The van der Waals surface area contributed by atoms with Gasteiger partial charge < -0.3 is 24.6 Å². The van der Waals surface area contributed by atoms with E-state index in [1.54, 1.807) is 26.8 Å².